The number of benzene rings is 2. The van der Waals surface area contributed by atoms with Gasteiger partial charge >= 0.3 is 0 Å². The van der Waals surface area contributed by atoms with E-state index in [2.05, 4.69) is 12.2 Å². The van der Waals surface area contributed by atoms with Crippen LogP contribution >= 0.6 is 11.6 Å². The molecule has 2 aromatic rings. The van der Waals surface area contributed by atoms with Gasteiger partial charge in [0.15, 0.2) is 0 Å². The van der Waals surface area contributed by atoms with E-state index in [0.717, 1.165) is 28.6 Å². The number of hydrogen-bond donors (Lipinski definition) is 1. The van der Waals surface area contributed by atoms with Crippen LogP contribution in [-0.4, -0.2) is 13.2 Å². The van der Waals surface area contributed by atoms with Crippen molar-refractivity contribution in [2.45, 2.75) is 13.8 Å². The van der Waals surface area contributed by atoms with Gasteiger partial charge in [-0.15, -0.1) is 0 Å². The lowest BCUT2D eigenvalue weighted by molar-refractivity contribution is 0.333. The molecule has 2 rings (SSSR count). The van der Waals surface area contributed by atoms with E-state index in [1.54, 1.807) is 0 Å². The maximum Gasteiger partial charge on any atom is 0.119 e. The summed E-state index contributed by atoms with van der Waals surface area (Å²) in [6, 6.07) is 14.0. The first-order valence-electron chi connectivity index (χ1n) is 6.34. The number of aryl methyl sites for hydroxylation is 2. The monoisotopic (exact) mass is 275 g/mol. The first kappa shape index (κ1) is 13.8. The number of hydrogen-bond acceptors (Lipinski definition) is 2. The van der Waals surface area contributed by atoms with Crippen molar-refractivity contribution >= 4 is 17.3 Å². The van der Waals surface area contributed by atoms with Crippen LogP contribution in [0.25, 0.3) is 0 Å². The highest BCUT2D eigenvalue weighted by atomic mass is 35.5. The molecule has 0 bridgehead atoms. The SMILES string of the molecule is Cc1ccc(OCCNc2ccc(C)c(Cl)c2)cc1. The molecule has 2 aromatic carbocycles. The quantitative estimate of drug-likeness (QED) is 0.814. The second-order valence-corrected chi connectivity index (χ2v) is 4.96. The summed E-state index contributed by atoms with van der Waals surface area (Å²) in [4.78, 5) is 0. The van der Waals surface area contributed by atoms with Crippen molar-refractivity contribution < 1.29 is 4.74 Å². The molecular formula is C16H18ClNO. The molecule has 0 aliphatic carbocycles. The van der Waals surface area contributed by atoms with Gasteiger partial charge in [0.2, 0.25) is 0 Å². The van der Waals surface area contributed by atoms with E-state index >= 15 is 0 Å². The van der Waals surface area contributed by atoms with Crippen LogP contribution in [0.3, 0.4) is 0 Å². The summed E-state index contributed by atoms with van der Waals surface area (Å²) < 4.78 is 5.64. The molecule has 0 atom stereocenters. The first-order valence-corrected chi connectivity index (χ1v) is 6.72. The Labute approximate surface area is 119 Å². The second kappa shape index (κ2) is 6.48. The minimum Gasteiger partial charge on any atom is -0.492 e. The van der Waals surface area contributed by atoms with Crippen LogP contribution in [0.1, 0.15) is 11.1 Å². The lowest BCUT2D eigenvalue weighted by Crippen LogP contribution is -2.11. The number of anilines is 1. The predicted molar refractivity (Wildman–Crippen MR) is 81.4 cm³/mol. The van der Waals surface area contributed by atoms with E-state index in [-0.39, 0.29) is 0 Å². The zero-order valence-corrected chi connectivity index (χ0v) is 12.0. The number of halogens is 1. The molecule has 0 fully saturated rings. The van der Waals surface area contributed by atoms with Gasteiger partial charge in [-0.1, -0.05) is 35.4 Å². The standard InChI is InChI=1S/C16H18ClNO/c1-12-3-7-15(8-4-12)19-10-9-18-14-6-5-13(2)16(17)11-14/h3-8,11,18H,9-10H2,1-2H3. The molecule has 0 unspecified atom stereocenters. The Morgan fingerprint density at radius 1 is 1.05 bits per heavy atom. The van der Waals surface area contributed by atoms with E-state index in [9.17, 15) is 0 Å². The normalized spacial score (nSPS) is 10.3. The fourth-order valence-corrected chi connectivity index (χ4v) is 1.88. The molecule has 100 valence electrons. The summed E-state index contributed by atoms with van der Waals surface area (Å²) in [5, 5.41) is 4.07. The molecular weight excluding hydrogens is 258 g/mol. The average Bonchev–Trinajstić information content (AvgIpc) is 2.41. The lowest BCUT2D eigenvalue weighted by atomic mass is 10.2. The summed E-state index contributed by atoms with van der Waals surface area (Å²) >= 11 is 6.07. The summed E-state index contributed by atoms with van der Waals surface area (Å²) in [7, 11) is 0. The molecule has 0 spiro atoms. The summed E-state index contributed by atoms with van der Waals surface area (Å²) in [6.45, 7) is 5.42. The van der Waals surface area contributed by atoms with Gasteiger partial charge in [0.1, 0.15) is 12.4 Å². The third kappa shape index (κ3) is 4.18. The van der Waals surface area contributed by atoms with Gasteiger partial charge in [0.05, 0.1) is 0 Å². The Morgan fingerprint density at radius 3 is 2.47 bits per heavy atom. The number of rotatable bonds is 5. The van der Waals surface area contributed by atoms with Crippen molar-refractivity contribution in [2.24, 2.45) is 0 Å². The van der Waals surface area contributed by atoms with Gasteiger partial charge in [0, 0.05) is 17.3 Å². The second-order valence-electron chi connectivity index (χ2n) is 4.55. The van der Waals surface area contributed by atoms with E-state index < -0.39 is 0 Å². The molecule has 3 heteroatoms. The van der Waals surface area contributed by atoms with Gasteiger partial charge < -0.3 is 10.1 Å². The van der Waals surface area contributed by atoms with Gasteiger partial charge in [-0.25, -0.2) is 0 Å². The highest BCUT2D eigenvalue weighted by Crippen LogP contribution is 2.19. The van der Waals surface area contributed by atoms with Gasteiger partial charge in [-0.2, -0.15) is 0 Å². The van der Waals surface area contributed by atoms with Gasteiger partial charge in [-0.3, -0.25) is 0 Å². The maximum atomic E-state index is 6.07. The van der Waals surface area contributed by atoms with Crippen LogP contribution in [0.4, 0.5) is 5.69 Å². The zero-order chi connectivity index (χ0) is 13.7. The summed E-state index contributed by atoms with van der Waals surface area (Å²) in [5.41, 5.74) is 3.34. The van der Waals surface area contributed by atoms with Crippen molar-refractivity contribution in [3.63, 3.8) is 0 Å². The molecule has 0 saturated carbocycles. The molecule has 0 aliphatic rings. The number of nitrogens with one attached hydrogen (secondary N) is 1. The predicted octanol–water partition coefficient (Wildman–Crippen LogP) is 4.45. The smallest absolute Gasteiger partial charge is 0.119 e. The summed E-state index contributed by atoms with van der Waals surface area (Å²) in [5.74, 6) is 0.898. The molecule has 0 amide bonds. The van der Waals surface area contributed by atoms with Crippen molar-refractivity contribution in [2.75, 3.05) is 18.5 Å². The van der Waals surface area contributed by atoms with Gasteiger partial charge in [-0.05, 0) is 43.7 Å². The first-order chi connectivity index (χ1) is 9.15. The van der Waals surface area contributed by atoms with Crippen molar-refractivity contribution in [3.8, 4) is 5.75 Å². The lowest BCUT2D eigenvalue weighted by Gasteiger charge is -2.09. The van der Waals surface area contributed by atoms with Crippen LogP contribution in [0.5, 0.6) is 5.75 Å². The number of ether oxygens (including phenoxy) is 1. The fraction of sp³-hybridized carbons (Fsp3) is 0.250. The average molecular weight is 276 g/mol. The van der Waals surface area contributed by atoms with Gasteiger partial charge in [0.25, 0.3) is 0 Å². The molecule has 19 heavy (non-hydrogen) atoms. The molecule has 0 aromatic heterocycles. The highest BCUT2D eigenvalue weighted by Gasteiger charge is 1.98. The molecule has 0 heterocycles. The Morgan fingerprint density at radius 2 is 1.79 bits per heavy atom. The molecule has 1 N–H and O–H groups in total. The molecule has 0 aliphatic heterocycles. The van der Waals surface area contributed by atoms with Crippen LogP contribution in [0, 0.1) is 13.8 Å². The molecule has 0 radical (unpaired) electrons. The third-order valence-electron chi connectivity index (χ3n) is 2.89. The Balaban J connectivity index is 1.77. The summed E-state index contributed by atoms with van der Waals surface area (Å²) in [6.07, 6.45) is 0. The maximum absolute atomic E-state index is 6.07. The van der Waals surface area contributed by atoms with E-state index in [1.807, 2.05) is 49.4 Å². The Bertz CT molecular complexity index is 537. The topological polar surface area (TPSA) is 21.3 Å². The molecule has 2 nitrogen and oxygen atoms in total. The van der Waals surface area contributed by atoms with Crippen molar-refractivity contribution in [1.29, 1.82) is 0 Å². The third-order valence-corrected chi connectivity index (χ3v) is 3.30. The zero-order valence-electron chi connectivity index (χ0n) is 11.2. The highest BCUT2D eigenvalue weighted by molar-refractivity contribution is 6.31. The van der Waals surface area contributed by atoms with Crippen molar-refractivity contribution in [3.05, 3.63) is 58.6 Å². The van der Waals surface area contributed by atoms with E-state index in [4.69, 9.17) is 16.3 Å². The largest absolute Gasteiger partial charge is 0.492 e. The van der Waals surface area contributed by atoms with Crippen LogP contribution in [0.15, 0.2) is 42.5 Å². The van der Waals surface area contributed by atoms with E-state index in [0.29, 0.717) is 6.61 Å². The minimum absolute atomic E-state index is 0.620. The Kier molecular flexibility index (Phi) is 4.69. The minimum atomic E-state index is 0.620. The van der Waals surface area contributed by atoms with E-state index in [1.165, 1.54) is 5.56 Å². The van der Waals surface area contributed by atoms with Crippen molar-refractivity contribution in [1.82, 2.24) is 0 Å². The molecule has 0 saturated heterocycles. The fourth-order valence-electron chi connectivity index (χ4n) is 1.70. The van der Waals surface area contributed by atoms with Crippen LogP contribution in [0.2, 0.25) is 5.02 Å². The Hall–Kier alpha value is -1.67. The van der Waals surface area contributed by atoms with Crippen LogP contribution in [-0.2, 0) is 0 Å². The van der Waals surface area contributed by atoms with Crippen LogP contribution < -0.4 is 10.1 Å².